The average Bonchev–Trinajstić information content (AvgIpc) is 3.36. The Hall–Kier alpha value is -1.90. The fourth-order valence-corrected chi connectivity index (χ4v) is 2.25. The maximum atomic E-state index is 12.4. The Morgan fingerprint density at radius 2 is 2.26 bits per heavy atom. The molecule has 0 aromatic heterocycles. The van der Waals surface area contributed by atoms with Gasteiger partial charge in [0, 0.05) is 13.2 Å². The van der Waals surface area contributed by atoms with Gasteiger partial charge in [-0.05, 0) is 50.3 Å². The molecule has 1 amide bonds. The molecule has 0 bridgehead atoms. The van der Waals surface area contributed by atoms with Crippen LogP contribution in [0, 0.1) is 17.2 Å². The fourth-order valence-electron chi connectivity index (χ4n) is 2.25. The monoisotopic (exact) mass is 316 g/mol. The van der Waals surface area contributed by atoms with Gasteiger partial charge in [0.25, 0.3) is 0 Å². The third-order valence-corrected chi connectivity index (χ3v) is 4.14. The van der Waals surface area contributed by atoms with E-state index in [9.17, 15) is 9.90 Å². The first-order valence-corrected chi connectivity index (χ1v) is 7.98. The maximum absolute atomic E-state index is 12.4. The lowest BCUT2D eigenvalue weighted by Crippen LogP contribution is -2.44. The van der Waals surface area contributed by atoms with Crippen LogP contribution in [-0.2, 0) is 14.9 Å². The number of carbonyl (C=O) groups is 1. The zero-order chi connectivity index (χ0) is 16.9. The molecule has 2 N–H and O–H groups in total. The predicted octanol–water partition coefficient (Wildman–Crippen LogP) is 1.74. The van der Waals surface area contributed by atoms with Gasteiger partial charge in [-0.2, -0.15) is 5.26 Å². The van der Waals surface area contributed by atoms with Crippen molar-refractivity contribution < 1.29 is 14.6 Å². The second kappa shape index (κ2) is 7.58. The average molecular weight is 316 g/mol. The highest BCUT2D eigenvalue weighted by Gasteiger charge is 2.30. The fraction of sp³-hybridized carbons (Fsp3) is 0.556. The first-order chi connectivity index (χ1) is 10.9. The highest BCUT2D eigenvalue weighted by atomic mass is 16.5. The van der Waals surface area contributed by atoms with Crippen molar-refractivity contribution in [3.8, 4) is 6.07 Å². The minimum absolute atomic E-state index is 0.158. The van der Waals surface area contributed by atoms with Gasteiger partial charge < -0.3 is 15.2 Å². The summed E-state index contributed by atoms with van der Waals surface area (Å²) in [7, 11) is 0. The van der Waals surface area contributed by atoms with Gasteiger partial charge in [0.1, 0.15) is 0 Å². The third kappa shape index (κ3) is 5.05. The van der Waals surface area contributed by atoms with E-state index in [0.717, 1.165) is 5.56 Å². The Kier molecular flexibility index (Phi) is 5.75. The van der Waals surface area contributed by atoms with Crippen LogP contribution in [0.25, 0.3) is 0 Å². The number of aliphatic hydroxyl groups is 1. The molecule has 5 nitrogen and oxygen atoms in total. The van der Waals surface area contributed by atoms with Crippen LogP contribution in [0.15, 0.2) is 24.3 Å². The second-order valence-electron chi connectivity index (χ2n) is 6.66. The van der Waals surface area contributed by atoms with E-state index in [1.807, 2.05) is 6.07 Å². The molecule has 0 radical (unpaired) electrons. The minimum Gasteiger partial charge on any atom is -0.389 e. The molecule has 0 spiro atoms. The molecular formula is C18H24N2O3. The van der Waals surface area contributed by atoms with Crippen LogP contribution in [-0.4, -0.2) is 36.9 Å². The molecule has 1 saturated carbocycles. The van der Waals surface area contributed by atoms with Gasteiger partial charge in [0.2, 0.25) is 5.91 Å². The Balaban J connectivity index is 1.83. The summed E-state index contributed by atoms with van der Waals surface area (Å²) in [6, 6.07) is 9.10. The first-order valence-electron chi connectivity index (χ1n) is 7.98. The van der Waals surface area contributed by atoms with Gasteiger partial charge in [0.05, 0.1) is 29.8 Å². The summed E-state index contributed by atoms with van der Waals surface area (Å²) in [5.41, 5.74) is 0.520. The zero-order valence-corrected chi connectivity index (χ0v) is 13.7. The highest BCUT2D eigenvalue weighted by molar-refractivity contribution is 5.87. The summed E-state index contributed by atoms with van der Waals surface area (Å²) < 4.78 is 5.41. The van der Waals surface area contributed by atoms with Crippen molar-refractivity contribution >= 4 is 5.91 Å². The third-order valence-electron chi connectivity index (χ3n) is 4.14. The molecule has 23 heavy (non-hydrogen) atoms. The quantitative estimate of drug-likeness (QED) is 0.765. The summed E-state index contributed by atoms with van der Waals surface area (Å²) in [4.78, 5) is 12.4. The van der Waals surface area contributed by atoms with Crippen molar-refractivity contribution in [2.24, 2.45) is 5.92 Å². The molecule has 1 aliphatic rings. The molecule has 1 atom stereocenters. The normalized spacial score (nSPS) is 15.7. The van der Waals surface area contributed by atoms with Crippen LogP contribution in [0.4, 0.5) is 0 Å². The van der Waals surface area contributed by atoms with Crippen LogP contribution in [0.2, 0.25) is 0 Å². The highest BCUT2D eigenvalue weighted by Crippen LogP contribution is 2.28. The van der Waals surface area contributed by atoms with E-state index in [1.54, 1.807) is 32.0 Å². The summed E-state index contributed by atoms with van der Waals surface area (Å²) in [6.07, 6.45) is 1.71. The molecular weight excluding hydrogens is 292 g/mol. The molecule has 0 heterocycles. The van der Waals surface area contributed by atoms with Gasteiger partial charge in [-0.1, -0.05) is 12.1 Å². The summed E-state index contributed by atoms with van der Waals surface area (Å²) >= 11 is 0. The van der Waals surface area contributed by atoms with E-state index in [-0.39, 0.29) is 19.1 Å². The Morgan fingerprint density at radius 3 is 2.91 bits per heavy atom. The molecule has 1 fully saturated rings. The Bertz CT molecular complexity index is 588. The largest absolute Gasteiger partial charge is 0.389 e. The molecule has 0 aliphatic heterocycles. The Labute approximate surface area is 137 Å². The number of carbonyl (C=O) groups excluding carboxylic acids is 1. The summed E-state index contributed by atoms with van der Waals surface area (Å²) in [5.74, 6) is 0.469. The standard InChI is InChI=1S/C18H24N2O3/c1-18(2,15-5-3-4-14(8-15)9-19)17(22)20-10-16(21)12-23-11-13-6-7-13/h3-5,8,13,16,21H,6-7,10-12H2,1-2H3,(H,20,22). The first kappa shape index (κ1) is 17.5. The van der Waals surface area contributed by atoms with E-state index < -0.39 is 11.5 Å². The Morgan fingerprint density at radius 1 is 1.52 bits per heavy atom. The molecule has 2 rings (SSSR count). The molecule has 1 aliphatic carbocycles. The lowest BCUT2D eigenvalue weighted by molar-refractivity contribution is -0.126. The smallest absolute Gasteiger partial charge is 0.230 e. The lowest BCUT2D eigenvalue weighted by atomic mass is 9.83. The van der Waals surface area contributed by atoms with Gasteiger partial charge in [-0.25, -0.2) is 0 Å². The van der Waals surface area contributed by atoms with Gasteiger partial charge in [-0.3, -0.25) is 4.79 Å². The van der Waals surface area contributed by atoms with Crippen molar-refractivity contribution in [1.82, 2.24) is 5.32 Å². The molecule has 1 aromatic carbocycles. The molecule has 5 heteroatoms. The van der Waals surface area contributed by atoms with E-state index in [0.29, 0.717) is 18.1 Å². The molecule has 1 aromatic rings. The van der Waals surface area contributed by atoms with Crippen molar-refractivity contribution in [3.05, 3.63) is 35.4 Å². The van der Waals surface area contributed by atoms with E-state index >= 15 is 0 Å². The van der Waals surface area contributed by atoms with Crippen LogP contribution < -0.4 is 5.32 Å². The van der Waals surface area contributed by atoms with Crippen LogP contribution in [0.5, 0.6) is 0 Å². The number of nitrogens with zero attached hydrogens (tertiary/aromatic N) is 1. The van der Waals surface area contributed by atoms with Gasteiger partial charge >= 0.3 is 0 Å². The van der Waals surface area contributed by atoms with Crippen LogP contribution >= 0.6 is 0 Å². The van der Waals surface area contributed by atoms with Crippen LogP contribution in [0.1, 0.15) is 37.8 Å². The zero-order valence-electron chi connectivity index (χ0n) is 13.7. The number of hydrogen-bond acceptors (Lipinski definition) is 4. The number of nitriles is 1. The van der Waals surface area contributed by atoms with Gasteiger partial charge in [-0.15, -0.1) is 0 Å². The predicted molar refractivity (Wildman–Crippen MR) is 86.7 cm³/mol. The summed E-state index contributed by atoms with van der Waals surface area (Å²) in [6.45, 7) is 4.69. The van der Waals surface area contributed by atoms with Crippen molar-refractivity contribution in [2.45, 2.75) is 38.2 Å². The SMILES string of the molecule is CC(C)(C(=O)NCC(O)COCC1CC1)c1cccc(C#N)c1. The van der Waals surface area contributed by atoms with E-state index in [4.69, 9.17) is 10.00 Å². The number of benzene rings is 1. The van der Waals surface area contributed by atoms with Crippen molar-refractivity contribution in [1.29, 1.82) is 5.26 Å². The molecule has 1 unspecified atom stereocenters. The van der Waals surface area contributed by atoms with E-state index in [2.05, 4.69) is 11.4 Å². The van der Waals surface area contributed by atoms with Crippen LogP contribution in [0.3, 0.4) is 0 Å². The number of hydrogen-bond donors (Lipinski definition) is 2. The number of amides is 1. The van der Waals surface area contributed by atoms with Crippen molar-refractivity contribution in [3.63, 3.8) is 0 Å². The topological polar surface area (TPSA) is 82.3 Å². The van der Waals surface area contributed by atoms with Gasteiger partial charge in [0.15, 0.2) is 0 Å². The number of rotatable bonds is 8. The number of ether oxygens (including phenoxy) is 1. The van der Waals surface area contributed by atoms with E-state index in [1.165, 1.54) is 12.8 Å². The molecule has 0 saturated heterocycles. The molecule has 124 valence electrons. The number of aliphatic hydroxyl groups excluding tert-OH is 1. The minimum atomic E-state index is -0.776. The lowest BCUT2D eigenvalue weighted by Gasteiger charge is -2.25. The van der Waals surface area contributed by atoms with Crippen molar-refractivity contribution in [2.75, 3.05) is 19.8 Å². The summed E-state index contributed by atoms with van der Waals surface area (Å²) in [5, 5.41) is 21.6. The maximum Gasteiger partial charge on any atom is 0.230 e. The second-order valence-corrected chi connectivity index (χ2v) is 6.66. The number of nitrogens with one attached hydrogen (secondary N) is 1.